The molecule has 0 aliphatic heterocycles. The van der Waals surface area contributed by atoms with E-state index in [0.29, 0.717) is 23.3 Å². The Morgan fingerprint density at radius 3 is 2.41 bits per heavy atom. The largest absolute Gasteiger partial charge is 0.508 e. The normalized spacial score (nSPS) is 30.7. The van der Waals surface area contributed by atoms with Crippen molar-refractivity contribution in [3.63, 3.8) is 0 Å². The highest BCUT2D eigenvalue weighted by molar-refractivity contribution is 6.17. The molecule has 27 heavy (non-hydrogen) atoms. The summed E-state index contributed by atoms with van der Waals surface area (Å²) < 4.78 is 5.51. The maximum Gasteiger partial charge on any atom is 0.166 e. The van der Waals surface area contributed by atoms with Crippen LogP contribution in [0.25, 0.3) is 0 Å². The molecule has 4 heteroatoms. The van der Waals surface area contributed by atoms with Gasteiger partial charge >= 0.3 is 0 Å². The molecule has 0 radical (unpaired) electrons. The van der Waals surface area contributed by atoms with Crippen LogP contribution in [0.15, 0.2) is 53.6 Å². The third-order valence-corrected chi connectivity index (χ3v) is 6.78. The number of fused-ring (bicyclic) bond motifs is 1. The molecule has 1 N–H and O–H groups in total. The lowest BCUT2D eigenvalue weighted by molar-refractivity contribution is -0.147. The van der Waals surface area contributed by atoms with Gasteiger partial charge in [0.2, 0.25) is 0 Å². The van der Waals surface area contributed by atoms with Gasteiger partial charge in [-0.1, -0.05) is 38.6 Å². The first kappa shape index (κ1) is 19.2. The molecule has 0 fully saturated rings. The topological polar surface area (TPSA) is 63.6 Å². The highest BCUT2D eigenvalue weighted by Crippen LogP contribution is 2.63. The molecule has 0 saturated heterocycles. The minimum Gasteiger partial charge on any atom is -0.508 e. The zero-order valence-corrected chi connectivity index (χ0v) is 16.6. The lowest BCUT2D eigenvalue weighted by Crippen LogP contribution is -2.57. The van der Waals surface area contributed by atoms with E-state index >= 15 is 0 Å². The number of phenols is 1. The molecule has 4 nitrogen and oxygen atoms in total. The van der Waals surface area contributed by atoms with Crippen LogP contribution >= 0.6 is 0 Å². The Hall–Kier alpha value is -2.62. The quantitative estimate of drug-likeness (QED) is 0.855. The number of rotatable bonds is 3. The number of ether oxygens (including phenoxy) is 1. The van der Waals surface area contributed by atoms with Gasteiger partial charge < -0.3 is 9.84 Å². The summed E-state index contributed by atoms with van der Waals surface area (Å²) in [4.78, 5) is 26.9. The number of benzene rings is 1. The van der Waals surface area contributed by atoms with Crippen LogP contribution in [0.2, 0.25) is 0 Å². The SMILES string of the molecule is C=CC1=CCC2(C)C(=O)C(C)=C(C)C(=O)C2(C)C1c1ccc(O)cc1OC. The number of hydrogen-bond donors (Lipinski definition) is 1. The second-order valence-electron chi connectivity index (χ2n) is 7.91. The zero-order chi connectivity index (χ0) is 20.1. The van der Waals surface area contributed by atoms with Crippen molar-refractivity contribution < 1.29 is 19.4 Å². The molecule has 1 aromatic rings. The van der Waals surface area contributed by atoms with Gasteiger partial charge in [0.05, 0.1) is 12.5 Å². The molecule has 142 valence electrons. The average Bonchev–Trinajstić information content (AvgIpc) is 2.66. The van der Waals surface area contributed by atoms with Crippen LogP contribution < -0.4 is 4.74 Å². The number of ketones is 2. The summed E-state index contributed by atoms with van der Waals surface area (Å²) in [6, 6.07) is 4.89. The van der Waals surface area contributed by atoms with Crippen molar-refractivity contribution in [1.29, 1.82) is 0 Å². The van der Waals surface area contributed by atoms with Crippen LogP contribution in [-0.2, 0) is 9.59 Å². The number of aromatic hydroxyl groups is 1. The number of hydrogen-bond acceptors (Lipinski definition) is 4. The first-order valence-corrected chi connectivity index (χ1v) is 9.10. The first-order chi connectivity index (χ1) is 12.6. The van der Waals surface area contributed by atoms with Crippen molar-refractivity contribution in [2.75, 3.05) is 7.11 Å². The van der Waals surface area contributed by atoms with Gasteiger partial charge in [0, 0.05) is 23.0 Å². The number of phenolic OH excluding ortho intramolecular Hbond substituents is 1. The third-order valence-electron chi connectivity index (χ3n) is 6.78. The molecule has 2 aliphatic rings. The van der Waals surface area contributed by atoms with E-state index in [-0.39, 0.29) is 17.3 Å². The van der Waals surface area contributed by atoms with Gasteiger partial charge in [-0.05, 0) is 43.1 Å². The van der Waals surface area contributed by atoms with Crippen molar-refractivity contribution >= 4 is 11.6 Å². The Labute approximate surface area is 160 Å². The summed E-state index contributed by atoms with van der Waals surface area (Å²) in [6.07, 6.45) is 4.24. The Kier molecular flexibility index (Phi) is 4.41. The molecule has 0 bridgehead atoms. The standard InChI is InChI=1S/C23H26O4/c1-7-15-10-11-22(4)20(25)13(2)14(3)21(26)23(22,5)19(15)17-9-8-16(24)12-18(17)27-6/h7-10,12,19,24H,1,11H2,2-6H3. The maximum atomic E-state index is 13.6. The summed E-state index contributed by atoms with van der Waals surface area (Å²) in [5.74, 6) is 0.173. The van der Waals surface area contributed by atoms with Crippen molar-refractivity contribution in [2.45, 2.75) is 40.0 Å². The van der Waals surface area contributed by atoms with Gasteiger partial charge in [0.25, 0.3) is 0 Å². The molecule has 3 unspecified atom stereocenters. The van der Waals surface area contributed by atoms with Crippen molar-refractivity contribution in [2.24, 2.45) is 10.8 Å². The van der Waals surface area contributed by atoms with Crippen LogP contribution in [0.5, 0.6) is 11.5 Å². The van der Waals surface area contributed by atoms with E-state index in [1.54, 1.807) is 32.1 Å². The number of methoxy groups -OCH3 is 1. The second-order valence-corrected chi connectivity index (χ2v) is 7.91. The van der Waals surface area contributed by atoms with E-state index < -0.39 is 16.7 Å². The van der Waals surface area contributed by atoms with Crippen LogP contribution in [0, 0.1) is 10.8 Å². The van der Waals surface area contributed by atoms with E-state index in [0.717, 1.165) is 11.1 Å². The monoisotopic (exact) mass is 366 g/mol. The van der Waals surface area contributed by atoms with E-state index in [2.05, 4.69) is 6.58 Å². The molecular weight excluding hydrogens is 340 g/mol. The van der Waals surface area contributed by atoms with Crippen LogP contribution in [0.1, 0.15) is 45.6 Å². The highest BCUT2D eigenvalue weighted by Gasteiger charge is 2.63. The number of Topliss-reactive ketones (excluding diaryl/α,β-unsaturated/α-hetero) is 2. The Balaban J connectivity index is 2.37. The predicted molar refractivity (Wildman–Crippen MR) is 105 cm³/mol. The van der Waals surface area contributed by atoms with Crippen LogP contribution in [-0.4, -0.2) is 23.8 Å². The molecule has 0 saturated carbocycles. The summed E-state index contributed by atoms with van der Waals surface area (Å²) >= 11 is 0. The van der Waals surface area contributed by atoms with Gasteiger partial charge in [-0.2, -0.15) is 0 Å². The molecule has 0 amide bonds. The fourth-order valence-corrected chi connectivity index (χ4v) is 4.79. The lowest BCUT2D eigenvalue weighted by Gasteiger charge is -2.54. The molecule has 0 aromatic heterocycles. The summed E-state index contributed by atoms with van der Waals surface area (Å²) in [5.41, 5.74) is 0.903. The number of carbonyl (C=O) groups excluding carboxylic acids is 2. The van der Waals surface area contributed by atoms with E-state index in [1.165, 1.54) is 13.2 Å². The fourth-order valence-electron chi connectivity index (χ4n) is 4.79. The van der Waals surface area contributed by atoms with E-state index in [4.69, 9.17) is 4.74 Å². The minimum absolute atomic E-state index is 0.0178. The molecule has 1 aromatic carbocycles. The van der Waals surface area contributed by atoms with E-state index in [1.807, 2.05) is 19.9 Å². The van der Waals surface area contributed by atoms with Crippen LogP contribution in [0.4, 0.5) is 0 Å². The third kappa shape index (κ3) is 2.35. The predicted octanol–water partition coefficient (Wildman–Crippen LogP) is 4.50. The number of carbonyl (C=O) groups is 2. The average molecular weight is 366 g/mol. The van der Waals surface area contributed by atoms with Gasteiger partial charge in [0.15, 0.2) is 11.6 Å². The Morgan fingerprint density at radius 2 is 1.81 bits per heavy atom. The lowest BCUT2D eigenvalue weighted by atomic mass is 9.45. The highest BCUT2D eigenvalue weighted by atomic mass is 16.5. The molecule has 2 aliphatic carbocycles. The minimum atomic E-state index is -0.976. The second kappa shape index (κ2) is 6.22. The molecular formula is C23H26O4. The molecule has 0 spiro atoms. The number of allylic oxidation sites excluding steroid dienone is 5. The Morgan fingerprint density at radius 1 is 1.19 bits per heavy atom. The smallest absolute Gasteiger partial charge is 0.166 e. The van der Waals surface area contributed by atoms with E-state index in [9.17, 15) is 14.7 Å². The molecule has 3 rings (SSSR count). The van der Waals surface area contributed by atoms with Gasteiger partial charge in [0.1, 0.15) is 11.5 Å². The zero-order valence-electron chi connectivity index (χ0n) is 16.6. The van der Waals surface area contributed by atoms with Gasteiger partial charge in [-0.25, -0.2) is 0 Å². The molecule has 3 atom stereocenters. The summed E-state index contributed by atoms with van der Waals surface area (Å²) in [5, 5.41) is 9.86. The summed E-state index contributed by atoms with van der Waals surface area (Å²) in [7, 11) is 1.53. The van der Waals surface area contributed by atoms with Crippen molar-refractivity contribution in [3.05, 3.63) is 59.2 Å². The maximum absolute atomic E-state index is 13.6. The van der Waals surface area contributed by atoms with Crippen molar-refractivity contribution in [3.8, 4) is 11.5 Å². The first-order valence-electron chi connectivity index (χ1n) is 9.10. The fraction of sp³-hybridized carbons (Fsp3) is 0.391. The Bertz CT molecular complexity index is 920. The van der Waals surface area contributed by atoms with Crippen molar-refractivity contribution in [1.82, 2.24) is 0 Å². The van der Waals surface area contributed by atoms with Gasteiger partial charge in [-0.15, -0.1) is 0 Å². The molecule has 0 heterocycles. The van der Waals surface area contributed by atoms with Crippen LogP contribution in [0.3, 0.4) is 0 Å². The summed E-state index contributed by atoms with van der Waals surface area (Å²) in [6.45, 7) is 11.2. The van der Waals surface area contributed by atoms with Gasteiger partial charge in [-0.3, -0.25) is 9.59 Å².